The van der Waals surface area contributed by atoms with Crippen LogP contribution in [0.4, 0.5) is 0 Å². The van der Waals surface area contributed by atoms with Crippen LogP contribution in [0.25, 0.3) is 0 Å². The van der Waals surface area contributed by atoms with Gasteiger partial charge in [-0.2, -0.15) is 0 Å². The van der Waals surface area contributed by atoms with E-state index >= 15 is 0 Å². The van der Waals surface area contributed by atoms with E-state index < -0.39 is 0 Å². The Morgan fingerprint density at radius 3 is 0.429 bits per heavy atom. The average molecular weight is 464 g/mol. The second kappa shape index (κ2) is 60.7. The Morgan fingerprint density at radius 2 is 0.429 bits per heavy atom. The number of hydrogen-bond acceptors (Lipinski definition) is 0. The molecule has 0 saturated heterocycles. The van der Waals surface area contributed by atoms with Crippen LogP contribution >= 0.6 is 50.9 Å². The molecule has 0 amide bonds. The van der Waals surface area contributed by atoms with Crippen molar-refractivity contribution in [3.05, 3.63) is 0 Å². The van der Waals surface area contributed by atoms with Gasteiger partial charge in [0.1, 0.15) is 0 Å². The van der Waals surface area contributed by atoms with E-state index in [1.165, 1.54) is 0 Å². The molecule has 0 aliphatic carbocycles. The summed E-state index contributed by atoms with van der Waals surface area (Å²) < 4.78 is 0. The minimum atomic E-state index is 0. The third-order valence-corrected chi connectivity index (χ3v) is 0. The summed E-state index contributed by atoms with van der Waals surface area (Å²) in [7, 11) is 0. The number of halogens is 6. The van der Waals surface area contributed by atoms with Gasteiger partial charge in [-0.25, -0.2) is 0 Å². The maximum atomic E-state index is 0. The molecule has 0 aliphatic rings. The van der Waals surface area contributed by atoms with E-state index in [9.17, 15) is 0 Å². The molecule has 0 nitrogen and oxygen atoms in total. The topological polar surface area (TPSA) is 0 Å². The van der Waals surface area contributed by atoms with Crippen molar-refractivity contribution in [1.29, 1.82) is 0 Å². The monoisotopic (exact) mass is 460 g/mol. The van der Waals surface area contributed by atoms with Gasteiger partial charge >= 0.3 is 25.8 Å². The van der Waals surface area contributed by atoms with Crippen LogP contribution in [0.2, 0.25) is 0 Å². The molecular formula is H3Br3Cl3In. The fourth-order valence-electron chi connectivity index (χ4n) is 0. The number of rotatable bonds is 0. The zero-order valence-corrected chi connectivity index (χ0v) is 13.6. The average Bonchev–Trinajstić information content (AvgIpc) is 0. The van der Waals surface area contributed by atoms with Gasteiger partial charge < -0.3 is 37.2 Å². The van der Waals surface area contributed by atoms with Crippen molar-refractivity contribution >= 4 is 76.8 Å². The van der Waals surface area contributed by atoms with Gasteiger partial charge in [0.05, 0.1) is 0 Å². The Kier molecular flexibility index (Phi) is 736. The second-order valence-corrected chi connectivity index (χ2v) is 0. The molecule has 0 bridgehead atoms. The van der Waals surface area contributed by atoms with Crippen molar-refractivity contribution in [2.24, 2.45) is 0 Å². The van der Waals surface area contributed by atoms with Gasteiger partial charge in [0.25, 0.3) is 0 Å². The summed E-state index contributed by atoms with van der Waals surface area (Å²) in [5.41, 5.74) is 0. The van der Waals surface area contributed by atoms with Crippen molar-refractivity contribution in [3.8, 4) is 0 Å². The van der Waals surface area contributed by atoms with Gasteiger partial charge in [-0.15, -0.1) is 50.9 Å². The summed E-state index contributed by atoms with van der Waals surface area (Å²) in [6.07, 6.45) is 0. The largest absolute Gasteiger partial charge is 3.00 e. The summed E-state index contributed by atoms with van der Waals surface area (Å²) in [5, 5.41) is 0. The van der Waals surface area contributed by atoms with Crippen molar-refractivity contribution in [2.45, 2.75) is 0 Å². The molecule has 0 rings (SSSR count). The standard InChI is InChI=1S/3BrH.3ClH.In/h6*1H;/q;;;;;;+3/p-3. The van der Waals surface area contributed by atoms with Gasteiger partial charge in [-0.3, -0.25) is 0 Å². The van der Waals surface area contributed by atoms with Crippen LogP contribution in [0, 0.1) is 0 Å². The van der Waals surface area contributed by atoms with E-state index in [1.54, 1.807) is 0 Å². The van der Waals surface area contributed by atoms with Crippen LogP contribution < -0.4 is 37.2 Å². The zero-order valence-electron chi connectivity index (χ0n) is 2.94. The maximum Gasteiger partial charge on any atom is 3.00 e. The van der Waals surface area contributed by atoms with Crippen molar-refractivity contribution in [3.63, 3.8) is 0 Å². The van der Waals surface area contributed by atoms with Crippen LogP contribution in [0.15, 0.2) is 0 Å². The molecule has 0 saturated carbocycles. The second-order valence-electron chi connectivity index (χ2n) is 0. The van der Waals surface area contributed by atoms with E-state index in [2.05, 4.69) is 0 Å². The minimum absolute atomic E-state index is 0. The van der Waals surface area contributed by atoms with Crippen LogP contribution in [0.3, 0.4) is 0 Å². The predicted octanol–water partition coefficient (Wildman–Crippen LogP) is -7.64. The minimum Gasteiger partial charge on any atom is -1.00 e. The third-order valence-electron chi connectivity index (χ3n) is 0. The summed E-state index contributed by atoms with van der Waals surface area (Å²) in [5.74, 6) is 0. The smallest absolute Gasteiger partial charge is 1.00 e. The Morgan fingerprint density at radius 1 is 0.429 bits per heavy atom. The van der Waals surface area contributed by atoms with E-state index in [1.807, 2.05) is 0 Å². The Labute approximate surface area is 112 Å². The fraction of sp³-hybridized carbons (Fsp3) is 0. The SMILES string of the molecule is Br.Br.Br.[Cl-].[Cl-].[Cl-].[In+3]. The summed E-state index contributed by atoms with van der Waals surface area (Å²) >= 11 is 0. The Bertz CT molecular complexity index is 10.1. The summed E-state index contributed by atoms with van der Waals surface area (Å²) in [6, 6.07) is 0. The molecule has 0 heterocycles. The van der Waals surface area contributed by atoms with Crippen LogP contribution in [0.1, 0.15) is 0 Å². The van der Waals surface area contributed by atoms with Crippen LogP contribution in [-0.2, 0) is 0 Å². The first-order valence-corrected chi connectivity index (χ1v) is 0. The van der Waals surface area contributed by atoms with Gasteiger partial charge in [-0.05, 0) is 0 Å². The van der Waals surface area contributed by atoms with E-state index in [0.717, 1.165) is 0 Å². The third kappa shape index (κ3) is 46.8. The predicted molar refractivity (Wildman–Crippen MR) is 36.7 cm³/mol. The molecular weight excluding hydrogens is 461 g/mol. The fourth-order valence-corrected chi connectivity index (χ4v) is 0. The normalized spacial score (nSPS) is 0. The van der Waals surface area contributed by atoms with Gasteiger partial charge in [0.15, 0.2) is 0 Å². The van der Waals surface area contributed by atoms with Gasteiger partial charge in [0, 0.05) is 0 Å². The summed E-state index contributed by atoms with van der Waals surface area (Å²) in [4.78, 5) is 0. The molecule has 0 aromatic rings. The quantitative estimate of drug-likeness (QED) is 0.335. The molecule has 0 fully saturated rings. The molecule has 0 unspecified atom stereocenters. The first-order chi connectivity index (χ1) is 0. The first-order valence-electron chi connectivity index (χ1n) is 0. The van der Waals surface area contributed by atoms with Crippen LogP contribution in [0.5, 0.6) is 0 Å². The Balaban J connectivity index is 0. The molecule has 48 valence electrons. The van der Waals surface area contributed by atoms with Gasteiger partial charge in [0.2, 0.25) is 0 Å². The van der Waals surface area contributed by atoms with Crippen molar-refractivity contribution in [2.75, 3.05) is 0 Å². The van der Waals surface area contributed by atoms with Gasteiger partial charge in [-0.1, -0.05) is 0 Å². The maximum absolute atomic E-state index is 0. The van der Waals surface area contributed by atoms with Crippen LogP contribution in [-0.4, -0.2) is 25.8 Å². The zero-order chi connectivity index (χ0) is 0. The summed E-state index contributed by atoms with van der Waals surface area (Å²) in [6.45, 7) is 0. The molecule has 0 radical (unpaired) electrons. The molecule has 0 N–H and O–H groups in total. The molecule has 7 heavy (non-hydrogen) atoms. The van der Waals surface area contributed by atoms with Crippen molar-refractivity contribution in [1.82, 2.24) is 0 Å². The van der Waals surface area contributed by atoms with E-state index in [-0.39, 0.29) is 114 Å². The molecule has 0 aromatic heterocycles. The van der Waals surface area contributed by atoms with Crippen molar-refractivity contribution < 1.29 is 37.2 Å². The molecule has 0 atom stereocenters. The molecule has 0 aromatic carbocycles. The molecule has 7 heteroatoms. The van der Waals surface area contributed by atoms with E-state index in [4.69, 9.17) is 0 Å². The first kappa shape index (κ1) is 84.8. The molecule has 0 spiro atoms. The number of hydrogen-bond donors (Lipinski definition) is 0. The Hall–Kier alpha value is 3.18. The molecule has 0 aliphatic heterocycles. The van der Waals surface area contributed by atoms with E-state index in [0.29, 0.717) is 0 Å².